The lowest BCUT2D eigenvalue weighted by Gasteiger charge is -2.25. The average Bonchev–Trinajstić information content (AvgIpc) is 2.62. The van der Waals surface area contributed by atoms with Gasteiger partial charge in [0.05, 0.1) is 17.1 Å². The first kappa shape index (κ1) is 18.4. The number of sulfonamides is 1. The van der Waals surface area contributed by atoms with E-state index < -0.39 is 15.8 Å². The first-order chi connectivity index (χ1) is 12.4. The van der Waals surface area contributed by atoms with Gasteiger partial charge >= 0.3 is 0 Å². The molecule has 0 bridgehead atoms. The molecular formula is C20H17ClFNO2S. The van der Waals surface area contributed by atoms with E-state index in [4.69, 9.17) is 11.6 Å². The third kappa shape index (κ3) is 4.06. The van der Waals surface area contributed by atoms with Crippen molar-refractivity contribution in [3.05, 3.63) is 94.8 Å². The monoisotopic (exact) mass is 389 g/mol. The first-order valence-electron chi connectivity index (χ1n) is 7.96. The molecule has 0 radical (unpaired) electrons. The minimum Gasteiger partial charge on any atom is -0.262 e. The summed E-state index contributed by atoms with van der Waals surface area (Å²) in [6.45, 7) is 2.12. The lowest BCUT2D eigenvalue weighted by Crippen LogP contribution is -2.30. The van der Waals surface area contributed by atoms with Gasteiger partial charge in [-0.15, -0.1) is 0 Å². The van der Waals surface area contributed by atoms with Gasteiger partial charge in [-0.3, -0.25) is 4.31 Å². The molecular weight excluding hydrogens is 373 g/mol. The second kappa shape index (κ2) is 7.48. The Morgan fingerprint density at radius 2 is 1.46 bits per heavy atom. The zero-order chi connectivity index (χ0) is 18.7. The van der Waals surface area contributed by atoms with Crippen LogP contribution in [0.3, 0.4) is 0 Å². The summed E-state index contributed by atoms with van der Waals surface area (Å²) in [5.41, 5.74) is 2.42. The Balaban J connectivity index is 2.05. The molecule has 0 saturated carbocycles. The molecule has 0 aliphatic rings. The second-order valence-electron chi connectivity index (χ2n) is 5.93. The average molecular weight is 390 g/mol. The SMILES string of the molecule is Cc1ccc(CN(c2ccc(Cl)cc2)S(=O)(=O)c2ccc(F)cc2)cc1. The molecule has 0 amide bonds. The fourth-order valence-corrected chi connectivity index (χ4v) is 4.09. The van der Waals surface area contributed by atoms with Crippen LogP contribution >= 0.6 is 11.6 Å². The highest BCUT2D eigenvalue weighted by Crippen LogP contribution is 2.27. The van der Waals surface area contributed by atoms with E-state index in [0.717, 1.165) is 23.3 Å². The summed E-state index contributed by atoms with van der Waals surface area (Å²) in [6.07, 6.45) is 0. The Kier molecular flexibility index (Phi) is 5.30. The van der Waals surface area contributed by atoms with Crippen LogP contribution in [0.1, 0.15) is 11.1 Å². The molecule has 0 heterocycles. The van der Waals surface area contributed by atoms with E-state index in [9.17, 15) is 12.8 Å². The largest absolute Gasteiger partial charge is 0.264 e. The van der Waals surface area contributed by atoms with E-state index in [1.807, 2.05) is 31.2 Å². The van der Waals surface area contributed by atoms with Crippen LogP contribution < -0.4 is 4.31 Å². The topological polar surface area (TPSA) is 37.4 Å². The van der Waals surface area contributed by atoms with Crippen LogP contribution in [0.2, 0.25) is 5.02 Å². The fraction of sp³-hybridized carbons (Fsp3) is 0.100. The number of rotatable bonds is 5. The highest BCUT2D eigenvalue weighted by molar-refractivity contribution is 7.92. The Hall–Kier alpha value is -2.37. The summed E-state index contributed by atoms with van der Waals surface area (Å²) < 4.78 is 40.8. The van der Waals surface area contributed by atoms with Crippen LogP contribution in [0.25, 0.3) is 0 Å². The summed E-state index contributed by atoms with van der Waals surface area (Å²) in [6, 6.07) is 19.0. The van der Waals surface area contributed by atoms with Gasteiger partial charge in [0, 0.05) is 5.02 Å². The summed E-state index contributed by atoms with van der Waals surface area (Å²) in [5, 5.41) is 0.517. The van der Waals surface area contributed by atoms with Crippen molar-refractivity contribution in [1.29, 1.82) is 0 Å². The first-order valence-corrected chi connectivity index (χ1v) is 9.77. The molecule has 0 unspecified atom stereocenters. The number of halogens is 2. The summed E-state index contributed by atoms with van der Waals surface area (Å²) in [7, 11) is -3.87. The normalized spacial score (nSPS) is 11.3. The molecule has 6 heteroatoms. The van der Waals surface area contributed by atoms with Crippen molar-refractivity contribution in [3.8, 4) is 0 Å². The molecule has 0 fully saturated rings. The maximum atomic E-state index is 13.2. The molecule has 0 atom stereocenters. The number of nitrogens with zero attached hydrogens (tertiary/aromatic N) is 1. The Bertz CT molecular complexity index is 985. The van der Waals surface area contributed by atoms with E-state index in [1.54, 1.807) is 24.3 Å². The fourth-order valence-electron chi connectivity index (χ4n) is 2.52. The van der Waals surface area contributed by atoms with Crippen LogP contribution in [-0.4, -0.2) is 8.42 Å². The van der Waals surface area contributed by atoms with Gasteiger partial charge < -0.3 is 0 Å². The molecule has 0 spiro atoms. The van der Waals surface area contributed by atoms with Crippen LogP contribution in [0.4, 0.5) is 10.1 Å². The van der Waals surface area contributed by atoms with E-state index >= 15 is 0 Å². The van der Waals surface area contributed by atoms with Crippen molar-refractivity contribution in [1.82, 2.24) is 0 Å². The van der Waals surface area contributed by atoms with Crippen LogP contribution in [0.5, 0.6) is 0 Å². The maximum absolute atomic E-state index is 13.2. The molecule has 0 aliphatic carbocycles. The zero-order valence-corrected chi connectivity index (χ0v) is 15.6. The molecule has 3 rings (SSSR count). The molecule has 0 saturated heterocycles. The van der Waals surface area contributed by atoms with Crippen molar-refractivity contribution in [2.75, 3.05) is 4.31 Å². The van der Waals surface area contributed by atoms with Crippen LogP contribution in [-0.2, 0) is 16.6 Å². The summed E-state index contributed by atoms with van der Waals surface area (Å²) >= 11 is 5.93. The number of hydrogen-bond acceptors (Lipinski definition) is 2. The van der Waals surface area contributed by atoms with Crippen molar-refractivity contribution in [3.63, 3.8) is 0 Å². The molecule has 134 valence electrons. The van der Waals surface area contributed by atoms with Crippen molar-refractivity contribution in [2.24, 2.45) is 0 Å². The lowest BCUT2D eigenvalue weighted by atomic mass is 10.1. The molecule has 0 aromatic heterocycles. The molecule has 0 aliphatic heterocycles. The van der Waals surface area contributed by atoms with Gasteiger partial charge in [-0.1, -0.05) is 41.4 Å². The van der Waals surface area contributed by atoms with E-state index in [-0.39, 0.29) is 11.4 Å². The van der Waals surface area contributed by atoms with E-state index in [2.05, 4.69) is 0 Å². The summed E-state index contributed by atoms with van der Waals surface area (Å²) in [4.78, 5) is 0.0287. The molecule has 26 heavy (non-hydrogen) atoms. The number of benzene rings is 3. The minimum atomic E-state index is -3.87. The van der Waals surface area contributed by atoms with Crippen molar-refractivity contribution in [2.45, 2.75) is 18.4 Å². The molecule has 3 nitrogen and oxygen atoms in total. The highest BCUT2D eigenvalue weighted by atomic mass is 35.5. The van der Waals surface area contributed by atoms with Gasteiger partial charge in [0.2, 0.25) is 0 Å². The quantitative estimate of drug-likeness (QED) is 0.602. The third-order valence-corrected chi connectivity index (χ3v) is 6.00. The smallest absolute Gasteiger partial charge is 0.262 e. The number of hydrogen-bond donors (Lipinski definition) is 0. The van der Waals surface area contributed by atoms with Crippen LogP contribution in [0.15, 0.2) is 77.7 Å². The summed E-state index contributed by atoms with van der Waals surface area (Å²) in [5.74, 6) is -0.486. The molecule has 3 aromatic carbocycles. The van der Waals surface area contributed by atoms with Crippen LogP contribution in [0, 0.1) is 12.7 Å². The predicted octanol–water partition coefficient (Wildman–Crippen LogP) is 5.18. The van der Waals surface area contributed by atoms with Crippen molar-refractivity contribution >= 4 is 27.3 Å². The van der Waals surface area contributed by atoms with Gasteiger partial charge in [0.15, 0.2) is 0 Å². The third-order valence-electron chi connectivity index (χ3n) is 3.96. The van der Waals surface area contributed by atoms with Gasteiger partial charge in [0.25, 0.3) is 10.0 Å². The van der Waals surface area contributed by atoms with E-state index in [1.165, 1.54) is 16.4 Å². The standard InChI is InChI=1S/C20H17ClFNO2S/c1-15-2-4-16(5-3-15)14-23(19-10-6-17(21)7-11-19)26(24,25)20-12-8-18(22)9-13-20/h2-13H,14H2,1H3. The molecule has 0 N–H and O–H groups in total. The second-order valence-corrected chi connectivity index (χ2v) is 8.23. The zero-order valence-electron chi connectivity index (χ0n) is 14.1. The molecule has 3 aromatic rings. The van der Waals surface area contributed by atoms with Gasteiger partial charge in [-0.05, 0) is 61.0 Å². The van der Waals surface area contributed by atoms with Gasteiger partial charge in [-0.2, -0.15) is 0 Å². The predicted molar refractivity (Wildman–Crippen MR) is 102 cm³/mol. The van der Waals surface area contributed by atoms with Gasteiger partial charge in [-0.25, -0.2) is 12.8 Å². The Morgan fingerprint density at radius 1 is 0.885 bits per heavy atom. The van der Waals surface area contributed by atoms with Gasteiger partial charge in [0.1, 0.15) is 5.82 Å². The number of anilines is 1. The maximum Gasteiger partial charge on any atom is 0.264 e. The Morgan fingerprint density at radius 3 is 2.04 bits per heavy atom. The lowest BCUT2D eigenvalue weighted by molar-refractivity contribution is 0.589. The number of aryl methyl sites for hydroxylation is 1. The van der Waals surface area contributed by atoms with Crippen molar-refractivity contribution < 1.29 is 12.8 Å². The minimum absolute atomic E-state index is 0.0287. The van der Waals surface area contributed by atoms with E-state index in [0.29, 0.717) is 10.7 Å². The Labute approximate surface area is 157 Å². The highest BCUT2D eigenvalue weighted by Gasteiger charge is 2.25.